The zero-order valence-electron chi connectivity index (χ0n) is 21.0. The van der Waals surface area contributed by atoms with E-state index >= 15 is 0 Å². The van der Waals surface area contributed by atoms with E-state index in [1.165, 1.54) is 24.5 Å². The third kappa shape index (κ3) is 6.04. The van der Waals surface area contributed by atoms with Crippen LogP contribution in [0.3, 0.4) is 0 Å². The molecule has 5 N–H and O–H groups in total. The Kier molecular flexibility index (Phi) is 8.21. The second kappa shape index (κ2) is 11.4. The maximum Gasteiger partial charge on any atom is 0.317 e. The Hall–Kier alpha value is -3.97. The molecule has 1 fully saturated rings. The summed E-state index contributed by atoms with van der Waals surface area (Å²) in [6.45, 7) is 3.10. The van der Waals surface area contributed by atoms with Crippen molar-refractivity contribution in [2.24, 2.45) is 0 Å². The topological polar surface area (TPSA) is 193 Å². The number of hydrogen-bond acceptors (Lipinski definition) is 11. The van der Waals surface area contributed by atoms with Crippen molar-refractivity contribution in [2.45, 2.75) is 56.9 Å². The van der Waals surface area contributed by atoms with Crippen LogP contribution in [0, 0.1) is 0 Å². The lowest BCUT2D eigenvalue weighted by Gasteiger charge is -2.40. The first-order valence-electron chi connectivity index (χ1n) is 12.1. The number of aliphatic hydroxyl groups is 3. The minimum atomic E-state index is -1.74. The van der Waals surface area contributed by atoms with Crippen molar-refractivity contribution >= 4 is 22.9 Å². The van der Waals surface area contributed by atoms with E-state index in [1.54, 1.807) is 18.2 Å². The monoisotopic (exact) mass is 544 g/mol. The van der Waals surface area contributed by atoms with Gasteiger partial charge in [0.2, 0.25) is 11.7 Å². The molecule has 0 amide bonds. The number of carboxylic acids is 1. The van der Waals surface area contributed by atoms with Crippen LogP contribution >= 0.6 is 0 Å². The van der Waals surface area contributed by atoms with Crippen LogP contribution in [0.5, 0.6) is 11.5 Å². The molecule has 4 rings (SSSR count). The molecule has 2 aromatic carbocycles. The summed E-state index contributed by atoms with van der Waals surface area (Å²) in [6.07, 6.45) is -7.57. The number of hydrogen-bond donors (Lipinski definition) is 5. The van der Waals surface area contributed by atoms with Crippen LogP contribution in [0.25, 0.3) is 22.1 Å². The highest BCUT2D eigenvalue weighted by atomic mass is 16.7. The van der Waals surface area contributed by atoms with Crippen LogP contribution in [0.4, 0.5) is 0 Å². The summed E-state index contributed by atoms with van der Waals surface area (Å²) in [6, 6.07) is 9.13. The largest absolute Gasteiger partial charge is 0.508 e. The lowest BCUT2D eigenvalue weighted by molar-refractivity contribution is -0.278. The summed E-state index contributed by atoms with van der Waals surface area (Å²) in [4.78, 5) is 35.6. The second-order valence-electron chi connectivity index (χ2n) is 9.45. The number of aliphatic carboxylic acids is 1. The third-order valence-electron chi connectivity index (χ3n) is 6.32. The lowest BCUT2D eigenvalue weighted by atomic mass is 9.97. The second-order valence-corrected chi connectivity index (χ2v) is 9.45. The third-order valence-corrected chi connectivity index (χ3v) is 6.32. The van der Waals surface area contributed by atoms with Crippen LogP contribution in [-0.4, -0.2) is 74.8 Å². The Morgan fingerprint density at radius 3 is 2.36 bits per heavy atom. The molecule has 12 heteroatoms. The van der Waals surface area contributed by atoms with Crippen molar-refractivity contribution in [1.29, 1.82) is 0 Å². The number of carbonyl (C=O) groups is 2. The van der Waals surface area contributed by atoms with E-state index in [1.807, 2.05) is 13.8 Å². The number of aliphatic hydroxyl groups excluding tert-OH is 3. The number of aromatic hydroxyl groups is 1. The highest BCUT2D eigenvalue weighted by Gasteiger charge is 2.45. The summed E-state index contributed by atoms with van der Waals surface area (Å²) < 4.78 is 22.0. The predicted molar refractivity (Wildman–Crippen MR) is 134 cm³/mol. The molecule has 39 heavy (non-hydrogen) atoms. The Balaban J connectivity index is 1.63. The molecule has 0 bridgehead atoms. The highest BCUT2D eigenvalue weighted by molar-refractivity contribution is 5.90. The summed E-state index contributed by atoms with van der Waals surface area (Å²) in [5.41, 5.74) is 1.25. The Morgan fingerprint density at radius 1 is 1.03 bits per heavy atom. The fourth-order valence-corrected chi connectivity index (χ4v) is 4.19. The van der Waals surface area contributed by atoms with Gasteiger partial charge >= 0.3 is 11.9 Å². The molecule has 1 aromatic heterocycles. The van der Waals surface area contributed by atoms with Crippen molar-refractivity contribution in [3.8, 4) is 22.6 Å². The maximum absolute atomic E-state index is 13.3. The number of phenolic OH excluding ortho intramolecular Hbond substituents is 1. The van der Waals surface area contributed by atoms with Gasteiger partial charge in [-0.1, -0.05) is 26.0 Å². The molecule has 0 saturated carbocycles. The molecule has 1 saturated heterocycles. The maximum atomic E-state index is 13.3. The summed E-state index contributed by atoms with van der Waals surface area (Å²) >= 11 is 0. The van der Waals surface area contributed by atoms with Gasteiger partial charge in [-0.25, -0.2) is 0 Å². The summed E-state index contributed by atoms with van der Waals surface area (Å²) in [5.74, 6) is -2.42. The number of carboxylic acid groups (broad SMARTS) is 1. The molecule has 5 atom stereocenters. The Morgan fingerprint density at radius 2 is 1.72 bits per heavy atom. The van der Waals surface area contributed by atoms with E-state index in [4.69, 9.17) is 23.7 Å². The zero-order valence-corrected chi connectivity index (χ0v) is 21.0. The standard InChI is InChI=1S/C27H28O12/c1-12(2)15-7-16-18(36-10-17(23(16)32)13-3-5-14(28)6-4-13)8-19(15)38-27-26(35)25(34)24(33)20(39-27)11-37-22(31)9-21(29)30/h3-8,10,12,20,24-28,33-35H,9,11H2,1-2H3,(H,29,30)/t20-,24-,25+,26-,27+/m0/s1. The van der Waals surface area contributed by atoms with Crippen molar-refractivity contribution in [3.05, 3.63) is 58.4 Å². The molecule has 0 unspecified atom stereocenters. The Bertz CT molecular complexity index is 1410. The van der Waals surface area contributed by atoms with E-state index in [9.17, 15) is 34.8 Å². The van der Waals surface area contributed by atoms with E-state index in [0.29, 0.717) is 11.1 Å². The van der Waals surface area contributed by atoms with Gasteiger partial charge in [0.25, 0.3) is 0 Å². The molecule has 0 spiro atoms. The first kappa shape index (κ1) is 28.0. The molecule has 12 nitrogen and oxygen atoms in total. The molecular weight excluding hydrogens is 516 g/mol. The molecule has 208 valence electrons. The molecule has 1 aliphatic heterocycles. The number of benzene rings is 2. The van der Waals surface area contributed by atoms with Gasteiger partial charge in [0.05, 0.1) is 10.9 Å². The molecule has 3 aromatic rings. The van der Waals surface area contributed by atoms with Crippen molar-refractivity contribution in [1.82, 2.24) is 0 Å². The Labute approximate surface area is 221 Å². The van der Waals surface area contributed by atoms with Crippen LogP contribution in [0.2, 0.25) is 0 Å². The van der Waals surface area contributed by atoms with Crippen molar-refractivity contribution in [3.63, 3.8) is 0 Å². The predicted octanol–water partition coefficient (Wildman–Crippen LogP) is 1.49. The number of esters is 1. The van der Waals surface area contributed by atoms with Gasteiger partial charge in [-0.15, -0.1) is 0 Å². The summed E-state index contributed by atoms with van der Waals surface area (Å²) in [7, 11) is 0. The van der Waals surface area contributed by atoms with Gasteiger partial charge in [0, 0.05) is 6.07 Å². The molecular formula is C27H28O12. The van der Waals surface area contributed by atoms with Crippen LogP contribution in [-0.2, 0) is 19.1 Å². The fourth-order valence-electron chi connectivity index (χ4n) is 4.19. The first-order valence-corrected chi connectivity index (χ1v) is 12.1. The molecule has 2 heterocycles. The highest BCUT2D eigenvalue weighted by Crippen LogP contribution is 2.34. The average Bonchev–Trinajstić information content (AvgIpc) is 2.88. The summed E-state index contributed by atoms with van der Waals surface area (Å²) in [5, 5.41) is 49.6. The van der Waals surface area contributed by atoms with E-state index in [0.717, 1.165) is 0 Å². The quantitative estimate of drug-likeness (QED) is 0.203. The van der Waals surface area contributed by atoms with Gasteiger partial charge in [-0.2, -0.15) is 0 Å². The first-order chi connectivity index (χ1) is 18.5. The van der Waals surface area contributed by atoms with Gasteiger partial charge in [0.15, 0.2) is 0 Å². The normalized spacial score (nSPS) is 23.1. The van der Waals surface area contributed by atoms with E-state index < -0.39 is 55.7 Å². The van der Waals surface area contributed by atoms with Crippen LogP contribution < -0.4 is 10.2 Å². The number of rotatable bonds is 8. The molecule has 1 aliphatic rings. The van der Waals surface area contributed by atoms with Crippen LogP contribution in [0.15, 0.2) is 51.9 Å². The zero-order chi connectivity index (χ0) is 28.4. The van der Waals surface area contributed by atoms with Gasteiger partial charge in [-0.05, 0) is 35.2 Å². The SMILES string of the molecule is CC(C)c1cc2c(=O)c(-c3ccc(O)cc3)coc2cc1O[C@@H]1O[C@@H](COC(=O)CC(=O)O)[C@H](O)[C@@H](O)[C@@H]1O. The minimum Gasteiger partial charge on any atom is -0.508 e. The number of carbonyl (C=O) groups excluding carboxylic acids is 1. The van der Waals surface area contributed by atoms with Gasteiger partial charge < -0.3 is 44.2 Å². The van der Waals surface area contributed by atoms with E-state index in [-0.39, 0.29) is 39.4 Å². The van der Waals surface area contributed by atoms with Crippen molar-refractivity contribution in [2.75, 3.05) is 6.61 Å². The average molecular weight is 545 g/mol. The lowest BCUT2D eigenvalue weighted by Crippen LogP contribution is -2.60. The number of fused-ring (bicyclic) bond motifs is 1. The van der Waals surface area contributed by atoms with Crippen LogP contribution in [0.1, 0.15) is 31.7 Å². The fraction of sp³-hybridized carbons (Fsp3) is 0.370. The molecule has 0 aliphatic carbocycles. The number of ether oxygens (including phenoxy) is 3. The van der Waals surface area contributed by atoms with Crippen molar-refractivity contribution < 1.29 is 53.7 Å². The molecule has 0 radical (unpaired) electrons. The number of phenols is 1. The van der Waals surface area contributed by atoms with Gasteiger partial charge in [0.1, 0.15) is 60.8 Å². The van der Waals surface area contributed by atoms with E-state index in [2.05, 4.69) is 0 Å². The smallest absolute Gasteiger partial charge is 0.317 e. The minimum absolute atomic E-state index is 0.0539. The van der Waals surface area contributed by atoms with Gasteiger partial charge in [-0.3, -0.25) is 14.4 Å².